The normalized spacial score (nSPS) is 11.4. The van der Waals surface area contributed by atoms with Gasteiger partial charge in [-0.25, -0.2) is 21.8 Å². The Morgan fingerprint density at radius 1 is 0.625 bits per heavy atom. The van der Waals surface area contributed by atoms with Gasteiger partial charge in [0.1, 0.15) is 31.6 Å². The molecule has 17 heteroatoms. The Morgan fingerprint density at radius 3 is 1.38 bits per heavy atom. The Morgan fingerprint density at radius 2 is 1.02 bits per heavy atom. The maximum Gasteiger partial charge on any atom is 0.273 e. The molecule has 0 saturated carbocycles. The molecule has 0 bridgehead atoms. The summed E-state index contributed by atoms with van der Waals surface area (Å²) in [5.41, 5.74) is 0.856. The number of carbonyl (C=O) groups is 2. The van der Waals surface area contributed by atoms with Gasteiger partial charge in [-0.2, -0.15) is 0 Å². The van der Waals surface area contributed by atoms with E-state index in [2.05, 4.69) is 15.6 Å². The van der Waals surface area contributed by atoms with Crippen LogP contribution in [0.15, 0.2) is 110 Å². The number of nitrogens with zero attached hydrogens (tertiary/aromatic N) is 3. The average Bonchev–Trinajstić information content (AvgIpc) is 3.83. The second kappa shape index (κ2) is 14.8. The molecule has 250 valence electrons. The van der Waals surface area contributed by atoms with Gasteiger partial charge in [0.2, 0.25) is 0 Å². The Kier molecular flexibility index (Phi) is 10.6. The summed E-state index contributed by atoms with van der Waals surface area (Å²) in [4.78, 5) is 29.2. The smallest absolute Gasteiger partial charge is 0.273 e. The highest BCUT2D eigenvalue weighted by molar-refractivity contribution is 7.95. The van der Waals surface area contributed by atoms with Crippen molar-refractivity contribution in [3.05, 3.63) is 102 Å². The van der Waals surface area contributed by atoms with Crippen LogP contribution in [0.5, 0.6) is 11.5 Å². The molecule has 3 aromatic heterocycles. The number of carbonyl (C=O) groups excluding carboxylic acids is 2. The van der Waals surface area contributed by atoms with Crippen LogP contribution in [0.4, 0.5) is 23.0 Å². The first-order valence-electron chi connectivity index (χ1n) is 14.0. The van der Waals surface area contributed by atoms with Crippen LogP contribution < -0.4 is 28.7 Å². The van der Waals surface area contributed by atoms with Gasteiger partial charge in [0, 0.05) is 14.1 Å². The van der Waals surface area contributed by atoms with Crippen LogP contribution in [-0.4, -0.2) is 60.9 Å². The number of aromatic nitrogens is 1. The van der Waals surface area contributed by atoms with E-state index in [1.54, 1.807) is 89.6 Å². The van der Waals surface area contributed by atoms with Crippen molar-refractivity contribution < 1.29 is 35.9 Å². The third kappa shape index (κ3) is 8.29. The fourth-order valence-electron chi connectivity index (χ4n) is 4.10. The van der Waals surface area contributed by atoms with Gasteiger partial charge in [-0.1, -0.05) is 18.2 Å². The maximum absolute atomic E-state index is 12.7. The van der Waals surface area contributed by atoms with E-state index >= 15 is 0 Å². The SMILES string of the molecule is CN(c1ccc(OCC(=O)Nc2cccc(NC(=O)COc3ccc(N(C)S(=O)(=O)c4cccs4)cc3)n2)cc1)S(=O)(=O)c1cccs1. The standard InChI is InChI=1S/C31H29N5O8S4/c1-35(47(39,40)30-8-4-18-45-30)22-10-14-24(15-11-22)43-20-28(37)33-26-6-3-7-27(32-26)34-29(38)21-44-25-16-12-23(13-17-25)36(2)48(41,42)31-9-5-19-46-31/h3-19H,20-21H2,1-2H3,(H2,32,33,34,37,38). The van der Waals surface area contributed by atoms with Gasteiger partial charge in [0.05, 0.1) is 11.4 Å². The molecular formula is C31H29N5O8S4. The van der Waals surface area contributed by atoms with E-state index in [-0.39, 0.29) is 33.3 Å². The molecule has 3 heterocycles. The molecule has 0 aliphatic rings. The van der Waals surface area contributed by atoms with Crippen molar-refractivity contribution in [1.29, 1.82) is 0 Å². The zero-order chi connectivity index (χ0) is 34.3. The molecule has 0 fully saturated rings. The molecule has 13 nitrogen and oxygen atoms in total. The number of thiophene rings is 2. The van der Waals surface area contributed by atoms with Crippen LogP contribution in [0.1, 0.15) is 0 Å². The summed E-state index contributed by atoms with van der Waals surface area (Å²) >= 11 is 2.26. The monoisotopic (exact) mass is 727 g/mol. The number of anilines is 4. The fraction of sp³-hybridized carbons (Fsp3) is 0.129. The van der Waals surface area contributed by atoms with E-state index in [0.29, 0.717) is 22.9 Å². The maximum atomic E-state index is 12.7. The summed E-state index contributed by atoms with van der Waals surface area (Å²) in [6.45, 7) is -0.688. The van der Waals surface area contributed by atoms with Crippen LogP contribution in [0.25, 0.3) is 0 Å². The number of hydrogen-bond donors (Lipinski definition) is 2. The topological polar surface area (TPSA) is 164 Å². The molecule has 0 radical (unpaired) electrons. The Hall–Kier alpha value is -4.97. The van der Waals surface area contributed by atoms with Crippen molar-refractivity contribution in [2.45, 2.75) is 8.42 Å². The second-order valence-electron chi connectivity index (χ2n) is 9.88. The number of sulfonamides is 2. The molecular weight excluding hydrogens is 699 g/mol. The van der Waals surface area contributed by atoms with Crippen LogP contribution >= 0.6 is 22.7 Å². The molecule has 2 N–H and O–H groups in total. The van der Waals surface area contributed by atoms with Crippen molar-refractivity contribution in [2.75, 3.05) is 46.6 Å². The lowest BCUT2D eigenvalue weighted by Gasteiger charge is -2.18. The van der Waals surface area contributed by atoms with Crippen molar-refractivity contribution in [3.8, 4) is 11.5 Å². The molecule has 2 aromatic carbocycles. The minimum Gasteiger partial charge on any atom is -0.484 e. The highest BCUT2D eigenvalue weighted by Crippen LogP contribution is 2.28. The van der Waals surface area contributed by atoms with Crippen LogP contribution in [0.3, 0.4) is 0 Å². The summed E-state index contributed by atoms with van der Waals surface area (Å²) in [5.74, 6) is 0.0522. The number of ether oxygens (including phenoxy) is 2. The van der Waals surface area contributed by atoms with Crippen LogP contribution in [-0.2, 0) is 29.6 Å². The Balaban J connectivity index is 1.07. The number of benzene rings is 2. The summed E-state index contributed by atoms with van der Waals surface area (Å²) in [6, 6.07) is 23.6. The van der Waals surface area contributed by atoms with Crippen molar-refractivity contribution in [3.63, 3.8) is 0 Å². The summed E-state index contributed by atoms with van der Waals surface area (Å²) in [6.07, 6.45) is 0. The highest BCUT2D eigenvalue weighted by Gasteiger charge is 2.23. The van der Waals surface area contributed by atoms with Crippen molar-refractivity contribution in [2.24, 2.45) is 0 Å². The van der Waals surface area contributed by atoms with Gasteiger partial charge in [0.15, 0.2) is 13.2 Å². The lowest BCUT2D eigenvalue weighted by Crippen LogP contribution is -2.25. The van der Waals surface area contributed by atoms with E-state index in [1.165, 1.54) is 34.8 Å². The van der Waals surface area contributed by atoms with E-state index < -0.39 is 31.9 Å². The minimum atomic E-state index is -3.67. The number of hydrogen-bond acceptors (Lipinski definition) is 11. The molecule has 5 aromatic rings. The van der Waals surface area contributed by atoms with E-state index in [9.17, 15) is 26.4 Å². The zero-order valence-electron chi connectivity index (χ0n) is 25.5. The lowest BCUT2D eigenvalue weighted by molar-refractivity contribution is -0.118. The minimum absolute atomic E-state index is 0.176. The lowest BCUT2D eigenvalue weighted by atomic mass is 10.3. The largest absolute Gasteiger partial charge is 0.484 e. The van der Waals surface area contributed by atoms with Crippen LogP contribution in [0.2, 0.25) is 0 Å². The van der Waals surface area contributed by atoms with E-state index in [1.807, 2.05) is 0 Å². The first-order valence-corrected chi connectivity index (χ1v) is 18.6. The van der Waals surface area contributed by atoms with Crippen molar-refractivity contribution >= 4 is 77.5 Å². The predicted molar refractivity (Wildman–Crippen MR) is 185 cm³/mol. The van der Waals surface area contributed by atoms with Gasteiger partial charge in [-0.3, -0.25) is 18.2 Å². The second-order valence-corrected chi connectivity index (χ2v) is 16.2. The first kappa shape index (κ1) is 34.4. The van der Waals surface area contributed by atoms with Gasteiger partial charge in [-0.05, 0) is 83.6 Å². The van der Waals surface area contributed by atoms with E-state index in [0.717, 1.165) is 22.7 Å². The fourth-order valence-corrected chi connectivity index (χ4v) is 8.82. The van der Waals surface area contributed by atoms with E-state index in [4.69, 9.17) is 9.47 Å². The molecule has 48 heavy (non-hydrogen) atoms. The van der Waals surface area contributed by atoms with Gasteiger partial charge < -0.3 is 20.1 Å². The van der Waals surface area contributed by atoms with Crippen molar-refractivity contribution in [1.82, 2.24) is 4.98 Å². The summed E-state index contributed by atoms with van der Waals surface area (Å²) < 4.78 is 64.8. The average molecular weight is 728 g/mol. The Bertz CT molecular complexity index is 1920. The molecule has 0 saturated heterocycles. The third-order valence-corrected chi connectivity index (χ3v) is 13.0. The van der Waals surface area contributed by atoms with Gasteiger partial charge >= 0.3 is 0 Å². The van der Waals surface area contributed by atoms with Gasteiger partial charge in [-0.15, -0.1) is 22.7 Å². The summed E-state index contributed by atoms with van der Waals surface area (Å²) in [5, 5.41) is 8.57. The quantitative estimate of drug-likeness (QED) is 0.162. The number of nitrogens with one attached hydrogen (secondary N) is 2. The summed E-state index contributed by atoms with van der Waals surface area (Å²) in [7, 11) is -4.44. The number of pyridine rings is 1. The number of amides is 2. The molecule has 0 unspecified atom stereocenters. The predicted octanol–water partition coefficient (Wildman–Crippen LogP) is 4.89. The first-order chi connectivity index (χ1) is 22.9. The van der Waals surface area contributed by atoms with Gasteiger partial charge in [0.25, 0.3) is 31.9 Å². The molecule has 0 aliphatic heterocycles. The molecule has 0 atom stereocenters. The molecule has 0 aliphatic carbocycles. The highest BCUT2D eigenvalue weighted by atomic mass is 32.3. The Labute approximate surface area is 285 Å². The van der Waals surface area contributed by atoms with Crippen LogP contribution in [0, 0.1) is 0 Å². The third-order valence-electron chi connectivity index (χ3n) is 6.64. The molecule has 0 spiro atoms. The molecule has 2 amide bonds. The molecule has 5 rings (SSSR count). The number of rotatable bonds is 14. The zero-order valence-corrected chi connectivity index (χ0v) is 28.7.